The first kappa shape index (κ1) is 10.5. The number of para-hydroxylation sites is 1. The molecule has 0 atom stereocenters. The maximum Gasteiger partial charge on any atom is 0.398 e. The van der Waals surface area contributed by atoms with E-state index in [1.807, 2.05) is 37.3 Å². The third-order valence-corrected chi connectivity index (χ3v) is 2.33. The summed E-state index contributed by atoms with van der Waals surface area (Å²) >= 11 is 0. The van der Waals surface area contributed by atoms with Gasteiger partial charge < -0.3 is 5.21 Å². The third kappa shape index (κ3) is 1.71. The van der Waals surface area contributed by atoms with Crippen molar-refractivity contribution in [3.05, 3.63) is 46.9 Å². The number of aromatic nitrogens is 3. The van der Waals surface area contributed by atoms with Crippen molar-refractivity contribution in [2.75, 3.05) is 0 Å². The molecule has 5 heteroatoms. The van der Waals surface area contributed by atoms with Crippen LogP contribution in [-0.2, 0) is 6.54 Å². The van der Waals surface area contributed by atoms with Gasteiger partial charge in [0.25, 0.3) is 6.20 Å². The van der Waals surface area contributed by atoms with Crippen molar-refractivity contribution < 1.29 is 10.1 Å². The third-order valence-electron chi connectivity index (χ3n) is 2.33. The van der Waals surface area contributed by atoms with Crippen molar-refractivity contribution in [3.8, 4) is 5.69 Å². The normalized spacial score (nSPS) is 10.6. The van der Waals surface area contributed by atoms with E-state index in [0.29, 0.717) is 6.54 Å². The zero-order valence-corrected chi connectivity index (χ0v) is 9.08. The van der Waals surface area contributed by atoms with Crippen LogP contribution in [0.4, 0.5) is 0 Å². The van der Waals surface area contributed by atoms with E-state index < -0.39 is 0 Å². The Balaban J connectivity index is 2.60. The van der Waals surface area contributed by atoms with Gasteiger partial charge in [-0.2, -0.15) is 0 Å². The Morgan fingerprint density at radius 2 is 2.00 bits per heavy atom. The summed E-state index contributed by atoms with van der Waals surface area (Å²) in [5.74, 6) is 0. The highest BCUT2D eigenvalue weighted by molar-refractivity contribution is 5.27. The average Bonchev–Trinajstić information content (AvgIpc) is 2.56. The molecule has 0 aliphatic rings. The second kappa shape index (κ2) is 4.22. The molecule has 1 aromatic heterocycles. The molecule has 0 fully saturated rings. The van der Waals surface area contributed by atoms with E-state index >= 15 is 0 Å². The molecule has 16 heavy (non-hydrogen) atoms. The Hall–Kier alpha value is -2.04. The highest BCUT2D eigenvalue weighted by Crippen LogP contribution is 2.02. The summed E-state index contributed by atoms with van der Waals surface area (Å²) in [6.07, 6.45) is 1.99. The van der Waals surface area contributed by atoms with Crippen LogP contribution in [0.3, 0.4) is 0 Å². The average molecular weight is 220 g/mol. The fourth-order valence-electron chi connectivity index (χ4n) is 1.66. The van der Waals surface area contributed by atoms with Crippen molar-refractivity contribution in [3.63, 3.8) is 0 Å². The summed E-state index contributed by atoms with van der Waals surface area (Å²) in [5.41, 5.74) is 0.536. The van der Waals surface area contributed by atoms with Crippen LogP contribution in [-0.4, -0.2) is 14.7 Å². The van der Waals surface area contributed by atoms with Gasteiger partial charge in [-0.15, -0.1) is 4.68 Å². The van der Waals surface area contributed by atoms with Crippen LogP contribution in [0.5, 0.6) is 0 Å². The number of benzene rings is 1. The minimum atomic E-state index is -0.215. The molecule has 0 amide bonds. The van der Waals surface area contributed by atoms with Crippen LogP contribution in [0, 0.1) is 0 Å². The van der Waals surface area contributed by atoms with Crippen LogP contribution in [0.15, 0.2) is 41.3 Å². The van der Waals surface area contributed by atoms with Gasteiger partial charge in [0.2, 0.25) is 0 Å². The first-order valence-electron chi connectivity index (χ1n) is 5.23. The molecule has 84 valence electrons. The summed E-state index contributed by atoms with van der Waals surface area (Å²) in [4.78, 5) is 13.8. The molecule has 0 aliphatic carbocycles. The fraction of sp³-hybridized carbons (Fsp3) is 0.273. The van der Waals surface area contributed by atoms with E-state index in [2.05, 4.69) is 0 Å². The second-order valence-electron chi connectivity index (χ2n) is 3.54. The molecule has 2 rings (SSSR count). The highest BCUT2D eigenvalue weighted by atomic mass is 16.5. The number of rotatable bonds is 3. The summed E-state index contributed by atoms with van der Waals surface area (Å²) < 4.78 is 1.50. The summed E-state index contributed by atoms with van der Waals surface area (Å²) in [6, 6.07) is 9.26. The zero-order valence-electron chi connectivity index (χ0n) is 9.08. The van der Waals surface area contributed by atoms with Gasteiger partial charge in [-0.05, 0) is 23.4 Å². The lowest BCUT2D eigenvalue weighted by atomic mass is 10.3. The Morgan fingerprint density at radius 1 is 1.31 bits per heavy atom. The lowest BCUT2D eigenvalue weighted by Crippen LogP contribution is -2.41. The molecular formula is C11H14N3O2+. The van der Waals surface area contributed by atoms with E-state index in [4.69, 9.17) is 0 Å². The molecule has 0 saturated carbocycles. The summed E-state index contributed by atoms with van der Waals surface area (Å²) in [5, 5.41) is 9.65. The minimum Gasteiger partial charge on any atom is -0.331 e. The van der Waals surface area contributed by atoms with E-state index in [9.17, 15) is 10.0 Å². The lowest BCUT2D eigenvalue weighted by molar-refractivity contribution is -0.962. The Bertz CT molecular complexity index is 528. The SMILES string of the molecule is CCCn1c(=O)c[n+](O)n1-c1ccccc1. The van der Waals surface area contributed by atoms with Gasteiger partial charge in [0.05, 0.1) is 0 Å². The maximum absolute atomic E-state index is 11.6. The standard InChI is InChI=1S/C11H14N3O2/c1-2-8-12-11(15)9-13(16)14(12)10-6-4-3-5-7-10/h3-7,9,16H,2,8H2,1H3/q+1. The number of hydrogen-bond donors (Lipinski definition) is 1. The maximum atomic E-state index is 11.6. The van der Waals surface area contributed by atoms with Gasteiger partial charge in [0.15, 0.2) is 0 Å². The van der Waals surface area contributed by atoms with Gasteiger partial charge in [0.1, 0.15) is 12.2 Å². The first-order chi connectivity index (χ1) is 7.74. The molecule has 1 heterocycles. The highest BCUT2D eigenvalue weighted by Gasteiger charge is 2.18. The van der Waals surface area contributed by atoms with Crippen LogP contribution in [0.25, 0.3) is 5.69 Å². The molecule has 1 N–H and O–H groups in total. The number of hydrogen-bond acceptors (Lipinski definition) is 2. The number of nitrogens with zero attached hydrogens (tertiary/aromatic N) is 3. The minimum absolute atomic E-state index is 0.215. The van der Waals surface area contributed by atoms with E-state index in [1.54, 1.807) is 0 Å². The first-order valence-corrected chi connectivity index (χ1v) is 5.23. The van der Waals surface area contributed by atoms with Gasteiger partial charge in [-0.25, -0.2) is 4.79 Å². The van der Waals surface area contributed by atoms with Crippen LogP contribution in [0.1, 0.15) is 13.3 Å². The van der Waals surface area contributed by atoms with Crippen molar-refractivity contribution in [2.45, 2.75) is 19.9 Å². The Morgan fingerprint density at radius 3 is 2.62 bits per heavy atom. The molecule has 5 nitrogen and oxygen atoms in total. The molecular weight excluding hydrogens is 206 g/mol. The Kier molecular flexibility index (Phi) is 2.76. The summed E-state index contributed by atoms with van der Waals surface area (Å²) in [7, 11) is 0. The largest absolute Gasteiger partial charge is 0.398 e. The molecule has 0 saturated heterocycles. The van der Waals surface area contributed by atoms with Crippen LogP contribution < -0.4 is 10.4 Å². The van der Waals surface area contributed by atoms with Crippen molar-refractivity contribution in [1.82, 2.24) is 9.48 Å². The summed E-state index contributed by atoms with van der Waals surface area (Å²) in [6.45, 7) is 2.55. The van der Waals surface area contributed by atoms with Crippen molar-refractivity contribution in [1.29, 1.82) is 0 Å². The molecule has 0 unspecified atom stereocenters. The lowest BCUT2D eigenvalue weighted by Gasteiger charge is -2.02. The van der Waals surface area contributed by atoms with E-state index in [1.165, 1.54) is 9.48 Å². The molecule has 0 bridgehead atoms. The van der Waals surface area contributed by atoms with Crippen LogP contribution in [0.2, 0.25) is 0 Å². The topological polar surface area (TPSA) is 51.0 Å². The van der Waals surface area contributed by atoms with E-state index in [-0.39, 0.29) is 5.56 Å². The quantitative estimate of drug-likeness (QED) is 0.607. The van der Waals surface area contributed by atoms with Crippen LogP contribution >= 0.6 is 0 Å². The molecule has 0 spiro atoms. The molecule has 0 aliphatic heterocycles. The van der Waals surface area contributed by atoms with E-state index in [0.717, 1.165) is 23.2 Å². The second-order valence-corrected chi connectivity index (χ2v) is 3.54. The fourth-order valence-corrected chi connectivity index (χ4v) is 1.66. The smallest absolute Gasteiger partial charge is 0.331 e. The van der Waals surface area contributed by atoms with Gasteiger partial charge in [-0.3, -0.25) is 0 Å². The predicted molar refractivity (Wildman–Crippen MR) is 57.7 cm³/mol. The van der Waals surface area contributed by atoms with Crippen molar-refractivity contribution in [2.24, 2.45) is 0 Å². The van der Waals surface area contributed by atoms with Gasteiger partial charge >= 0.3 is 5.56 Å². The van der Waals surface area contributed by atoms with Gasteiger partial charge in [0, 0.05) is 4.85 Å². The Labute approximate surface area is 92.7 Å². The van der Waals surface area contributed by atoms with Gasteiger partial charge in [-0.1, -0.05) is 25.1 Å². The monoisotopic (exact) mass is 220 g/mol. The zero-order chi connectivity index (χ0) is 11.5. The predicted octanol–water partition coefficient (Wildman–Crippen LogP) is 0.574. The molecule has 2 aromatic rings. The molecule has 0 radical (unpaired) electrons. The molecule has 1 aromatic carbocycles. The van der Waals surface area contributed by atoms with Crippen molar-refractivity contribution >= 4 is 0 Å².